The molecule has 0 unspecified atom stereocenters. The number of Topliss-reactive ketones (excluding diaryl/α,β-unsaturated/α-hetero) is 1. The summed E-state index contributed by atoms with van der Waals surface area (Å²) in [7, 11) is 0. The minimum absolute atomic E-state index is 0.275. The third-order valence-electron chi connectivity index (χ3n) is 3.09. The Bertz CT molecular complexity index is 209. The van der Waals surface area contributed by atoms with Crippen LogP contribution in [-0.2, 0) is 4.79 Å². The van der Waals surface area contributed by atoms with E-state index in [0.717, 1.165) is 44.9 Å². The van der Waals surface area contributed by atoms with E-state index in [-0.39, 0.29) is 6.61 Å². The molecule has 0 aromatic heterocycles. The summed E-state index contributed by atoms with van der Waals surface area (Å²) in [5, 5.41) is 8.62. The fourth-order valence-corrected chi connectivity index (χ4v) is 1.90. The molecule has 0 spiro atoms. The second kappa shape index (κ2) is 14.4. The van der Waals surface area contributed by atoms with Gasteiger partial charge in [0.25, 0.3) is 0 Å². The molecule has 0 aliphatic carbocycles. The summed E-state index contributed by atoms with van der Waals surface area (Å²) in [6, 6.07) is 0. The van der Waals surface area contributed by atoms with Crippen molar-refractivity contribution >= 4 is 5.78 Å². The van der Waals surface area contributed by atoms with Crippen molar-refractivity contribution in [3.63, 3.8) is 0 Å². The highest BCUT2D eigenvalue weighted by Gasteiger charge is 1.99. The summed E-state index contributed by atoms with van der Waals surface area (Å²) < 4.78 is 0. The van der Waals surface area contributed by atoms with Crippen molar-refractivity contribution in [3.05, 3.63) is 12.2 Å². The SMILES string of the molecule is CCCCC/C=C\CCC(=O)CCCCCCO. The van der Waals surface area contributed by atoms with Gasteiger partial charge in [-0.15, -0.1) is 0 Å². The van der Waals surface area contributed by atoms with Gasteiger partial charge in [0, 0.05) is 19.4 Å². The summed E-state index contributed by atoms with van der Waals surface area (Å²) in [5.74, 6) is 0.386. The molecule has 0 fully saturated rings. The number of carbonyl (C=O) groups excluding carboxylic acids is 1. The van der Waals surface area contributed by atoms with Crippen LogP contribution in [0.2, 0.25) is 0 Å². The van der Waals surface area contributed by atoms with Gasteiger partial charge in [-0.1, -0.05) is 44.8 Å². The van der Waals surface area contributed by atoms with E-state index in [1.807, 2.05) is 0 Å². The lowest BCUT2D eigenvalue weighted by Gasteiger charge is -1.99. The summed E-state index contributed by atoms with van der Waals surface area (Å²) >= 11 is 0. The summed E-state index contributed by atoms with van der Waals surface area (Å²) in [5.41, 5.74) is 0. The quantitative estimate of drug-likeness (QED) is 0.390. The van der Waals surface area contributed by atoms with Crippen LogP contribution >= 0.6 is 0 Å². The Kier molecular flexibility index (Phi) is 13.9. The van der Waals surface area contributed by atoms with E-state index < -0.39 is 0 Å². The number of hydrogen-bond acceptors (Lipinski definition) is 2. The van der Waals surface area contributed by atoms with Crippen molar-refractivity contribution in [2.24, 2.45) is 0 Å². The summed E-state index contributed by atoms with van der Waals surface area (Å²) in [6.07, 6.45) is 15.6. The second-order valence-corrected chi connectivity index (χ2v) is 4.93. The highest BCUT2D eigenvalue weighted by molar-refractivity contribution is 5.78. The normalized spacial score (nSPS) is 11.2. The first-order chi connectivity index (χ1) is 8.81. The van der Waals surface area contributed by atoms with E-state index in [4.69, 9.17) is 5.11 Å². The van der Waals surface area contributed by atoms with Crippen LogP contribution < -0.4 is 0 Å². The third-order valence-corrected chi connectivity index (χ3v) is 3.09. The lowest BCUT2D eigenvalue weighted by atomic mass is 10.1. The number of carbonyl (C=O) groups is 1. The first kappa shape index (κ1) is 17.4. The van der Waals surface area contributed by atoms with Crippen molar-refractivity contribution in [2.45, 2.75) is 77.6 Å². The predicted octanol–water partition coefficient (Wildman–Crippen LogP) is 4.42. The molecule has 0 aromatic carbocycles. The van der Waals surface area contributed by atoms with Gasteiger partial charge in [-0.25, -0.2) is 0 Å². The van der Waals surface area contributed by atoms with Crippen LogP contribution in [0.4, 0.5) is 0 Å². The standard InChI is InChI=1S/C16H30O2/c1-2-3-4-5-6-7-10-13-16(18)14-11-8-9-12-15-17/h6-7,17H,2-5,8-15H2,1H3/b7-6-. The molecule has 106 valence electrons. The molecule has 0 saturated carbocycles. The van der Waals surface area contributed by atoms with Gasteiger partial charge >= 0.3 is 0 Å². The topological polar surface area (TPSA) is 37.3 Å². The van der Waals surface area contributed by atoms with E-state index in [9.17, 15) is 4.79 Å². The number of aliphatic hydroxyl groups is 1. The average Bonchev–Trinajstić information content (AvgIpc) is 2.37. The molecule has 0 aliphatic heterocycles. The number of ketones is 1. The van der Waals surface area contributed by atoms with Crippen LogP contribution in [-0.4, -0.2) is 17.5 Å². The zero-order valence-electron chi connectivity index (χ0n) is 12.0. The molecule has 0 aromatic rings. The maximum Gasteiger partial charge on any atom is 0.133 e. The number of hydrogen-bond donors (Lipinski definition) is 1. The molecule has 2 heteroatoms. The van der Waals surface area contributed by atoms with Crippen molar-refractivity contribution < 1.29 is 9.90 Å². The third kappa shape index (κ3) is 13.4. The van der Waals surface area contributed by atoms with Crippen LogP contribution in [0.5, 0.6) is 0 Å². The summed E-state index contributed by atoms with van der Waals surface area (Å²) in [4.78, 5) is 11.5. The van der Waals surface area contributed by atoms with Crippen LogP contribution in [0.1, 0.15) is 77.6 Å². The van der Waals surface area contributed by atoms with E-state index in [1.54, 1.807) is 0 Å². The van der Waals surface area contributed by atoms with Crippen LogP contribution in [0, 0.1) is 0 Å². The zero-order valence-corrected chi connectivity index (χ0v) is 12.0. The Hall–Kier alpha value is -0.630. The highest BCUT2D eigenvalue weighted by atomic mass is 16.2. The summed E-state index contributed by atoms with van der Waals surface area (Å²) in [6.45, 7) is 2.49. The van der Waals surface area contributed by atoms with Gasteiger partial charge in [0.15, 0.2) is 0 Å². The van der Waals surface area contributed by atoms with Crippen LogP contribution in [0.25, 0.3) is 0 Å². The van der Waals surface area contributed by atoms with Gasteiger partial charge < -0.3 is 5.11 Å². The molecular formula is C16H30O2. The number of unbranched alkanes of at least 4 members (excludes halogenated alkanes) is 6. The largest absolute Gasteiger partial charge is 0.396 e. The van der Waals surface area contributed by atoms with Crippen LogP contribution in [0.15, 0.2) is 12.2 Å². The number of allylic oxidation sites excluding steroid dienone is 2. The molecule has 0 rings (SSSR count). The molecule has 2 nitrogen and oxygen atoms in total. The molecule has 0 bridgehead atoms. The number of rotatable bonds is 13. The minimum Gasteiger partial charge on any atom is -0.396 e. The maximum atomic E-state index is 11.5. The Morgan fingerprint density at radius 1 is 0.889 bits per heavy atom. The fourth-order valence-electron chi connectivity index (χ4n) is 1.90. The fraction of sp³-hybridized carbons (Fsp3) is 0.812. The lowest BCUT2D eigenvalue weighted by molar-refractivity contribution is -0.119. The van der Waals surface area contributed by atoms with E-state index in [0.29, 0.717) is 12.2 Å². The van der Waals surface area contributed by atoms with E-state index >= 15 is 0 Å². The van der Waals surface area contributed by atoms with Crippen LogP contribution in [0.3, 0.4) is 0 Å². The molecule has 0 heterocycles. The van der Waals surface area contributed by atoms with Gasteiger partial charge in [0.2, 0.25) is 0 Å². The lowest BCUT2D eigenvalue weighted by Crippen LogP contribution is -1.96. The van der Waals surface area contributed by atoms with Crippen molar-refractivity contribution in [3.8, 4) is 0 Å². The van der Waals surface area contributed by atoms with Gasteiger partial charge in [0.05, 0.1) is 0 Å². The van der Waals surface area contributed by atoms with Gasteiger partial charge in [-0.05, 0) is 32.1 Å². The first-order valence-electron chi connectivity index (χ1n) is 7.58. The first-order valence-corrected chi connectivity index (χ1v) is 7.58. The molecule has 1 N–H and O–H groups in total. The Balaban J connectivity index is 3.26. The second-order valence-electron chi connectivity index (χ2n) is 4.93. The Morgan fingerprint density at radius 3 is 2.33 bits per heavy atom. The van der Waals surface area contributed by atoms with Crippen molar-refractivity contribution in [1.82, 2.24) is 0 Å². The zero-order chi connectivity index (χ0) is 13.5. The van der Waals surface area contributed by atoms with Crippen molar-refractivity contribution in [1.29, 1.82) is 0 Å². The maximum absolute atomic E-state index is 11.5. The average molecular weight is 254 g/mol. The predicted molar refractivity (Wildman–Crippen MR) is 77.7 cm³/mol. The molecule has 18 heavy (non-hydrogen) atoms. The molecule has 0 amide bonds. The van der Waals surface area contributed by atoms with E-state index in [1.165, 1.54) is 19.3 Å². The van der Waals surface area contributed by atoms with Gasteiger partial charge in [-0.3, -0.25) is 4.79 Å². The van der Waals surface area contributed by atoms with E-state index in [2.05, 4.69) is 19.1 Å². The number of aliphatic hydroxyl groups excluding tert-OH is 1. The Labute approximate surface area is 112 Å². The van der Waals surface area contributed by atoms with Crippen molar-refractivity contribution in [2.75, 3.05) is 6.61 Å². The molecule has 0 radical (unpaired) electrons. The molecule has 0 aliphatic rings. The highest BCUT2D eigenvalue weighted by Crippen LogP contribution is 2.06. The molecule has 0 atom stereocenters. The minimum atomic E-state index is 0.275. The Morgan fingerprint density at radius 2 is 1.61 bits per heavy atom. The van der Waals surface area contributed by atoms with Gasteiger partial charge in [-0.2, -0.15) is 0 Å². The molecular weight excluding hydrogens is 224 g/mol. The molecule has 0 saturated heterocycles. The van der Waals surface area contributed by atoms with Gasteiger partial charge in [0.1, 0.15) is 5.78 Å². The smallest absolute Gasteiger partial charge is 0.133 e. The monoisotopic (exact) mass is 254 g/mol.